The number of amides is 1. The van der Waals surface area contributed by atoms with Gasteiger partial charge in [0.05, 0.1) is 10.9 Å². The van der Waals surface area contributed by atoms with E-state index in [-0.39, 0.29) is 23.4 Å². The Morgan fingerprint density at radius 2 is 1.60 bits per heavy atom. The molecule has 3 aromatic carbocycles. The van der Waals surface area contributed by atoms with Crippen molar-refractivity contribution in [1.82, 2.24) is 19.5 Å². The van der Waals surface area contributed by atoms with Crippen molar-refractivity contribution in [1.29, 1.82) is 0 Å². The fourth-order valence-electron chi connectivity index (χ4n) is 5.06. The molecule has 42 heavy (non-hydrogen) atoms. The molecule has 0 spiro atoms. The third-order valence-electron chi connectivity index (χ3n) is 7.44. The lowest BCUT2D eigenvalue weighted by molar-refractivity contribution is -0.123. The van der Waals surface area contributed by atoms with E-state index in [0.717, 1.165) is 41.9 Å². The van der Waals surface area contributed by atoms with Gasteiger partial charge in [-0.1, -0.05) is 78.9 Å². The number of sulfonamides is 1. The number of hydrogen-bond donors (Lipinski definition) is 1. The highest BCUT2D eigenvalue weighted by Crippen LogP contribution is 2.32. The van der Waals surface area contributed by atoms with Crippen LogP contribution in [0, 0.1) is 0 Å². The first-order valence-electron chi connectivity index (χ1n) is 14.1. The van der Waals surface area contributed by atoms with Crippen molar-refractivity contribution in [3.05, 3.63) is 121 Å². The molecule has 0 radical (unpaired) electrons. The lowest BCUT2D eigenvalue weighted by atomic mass is 10.0. The Morgan fingerprint density at radius 1 is 0.929 bits per heavy atom. The van der Waals surface area contributed by atoms with Crippen LogP contribution in [0.3, 0.4) is 0 Å². The molecular weight excluding hydrogens is 565 g/mol. The number of likely N-dealkylation sites (N-methyl/N-ethyl adjacent to an activating group) is 1. The topological polar surface area (TPSA) is 82.6 Å². The van der Waals surface area contributed by atoms with Crippen molar-refractivity contribution in [3.8, 4) is 11.1 Å². The zero-order chi connectivity index (χ0) is 29.4. The van der Waals surface area contributed by atoms with Crippen LogP contribution in [0.4, 0.5) is 0 Å². The molecule has 5 rings (SSSR count). The number of pyridine rings is 1. The smallest absolute Gasteiger partial charge is 0.249 e. The minimum absolute atomic E-state index is 0.191. The Balaban J connectivity index is 1.25. The van der Waals surface area contributed by atoms with Gasteiger partial charge in [0.1, 0.15) is 5.37 Å². The monoisotopic (exact) mass is 600 g/mol. The summed E-state index contributed by atoms with van der Waals surface area (Å²) in [5, 5.41) is 2.36. The molecule has 0 aliphatic carbocycles. The molecule has 1 N–H and O–H groups in total. The van der Waals surface area contributed by atoms with Crippen LogP contribution in [0.2, 0.25) is 0 Å². The second kappa shape index (κ2) is 14.1. The molecular formula is C33H36N4O3S2. The average Bonchev–Trinajstić information content (AvgIpc) is 3.55. The third-order valence-corrected chi connectivity index (χ3v) is 10.6. The van der Waals surface area contributed by atoms with Crippen molar-refractivity contribution in [2.75, 3.05) is 32.4 Å². The molecule has 1 aliphatic heterocycles. The summed E-state index contributed by atoms with van der Waals surface area (Å²) >= 11 is 1.36. The lowest BCUT2D eigenvalue weighted by Crippen LogP contribution is -2.46. The van der Waals surface area contributed by atoms with Gasteiger partial charge < -0.3 is 10.2 Å². The SMILES string of the molecule is CN(CCc1ccccn1)CC[C@H](NC(=O)[C@@H]1SCCN1S(=O)(=O)c1ccc(-c2ccccc2)cc1)c1ccccc1. The number of aromatic nitrogens is 1. The number of carbonyl (C=O) groups excluding carboxylic acids is 1. The quantitative estimate of drug-likeness (QED) is 0.240. The molecule has 1 aromatic heterocycles. The van der Waals surface area contributed by atoms with Gasteiger partial charge in [-0.15, -0.1) is 11.8 Å². The van der Waals surface area contributed by atoms with Crippen molar-refractivity contribution < 1.29 is 13.2 Å². The molecule has 1 aliphatic rings. The van der Waals surface area contributed by atoms with Crippen LogP contribution in [-0.4, -0.2) is 66.3 Å². The van der Waals surface area contributed by atoms with Gasteiger partial charge in [-0.2, -0.15) is 4.31 Å². The Kier molecular flexibility index (Phi) is 10.1. The number of benzene rings is 3. The minimum atomic E-state index is -3.85. The maximum Gasteiger partial charge on any atom is 0.249 e. The van der Waals surface area contributed by atoms with Crippen LogP contribution in [-0.2, 0) is 21.2 Å². The van der Waals surface area contributed by atoms with Gasteiger partial charge in [-0.25, -0.2) is 8.42 Å². The summed E-state index contributed by atoms with van der Waals surface area (Å²) in [5.41, 5.74) is 4.00. The molecule has 2 atom stereocenters. The number of carbonyl (C=O) groups is 1. The fourth-order valence-corrected chi connectivity index (χ4v) is 8.14. The highest BCUT2D eigenvalue weighted by molar-refractivity contribution is 8.02. The molecule has 0 unspecified atom stereocenters. The van der Waals surface area contributed by atoms with Gasteiger partial charge in [0.2, 0.25) is 15.9 Å². The van der Waals surface area contributed by atoms with Gasteiger partial charge in [0.25, 0.3) is 0 Å². The molecule has 4 aromatic rings. The highest BCUT2D eigenvalue weighted by atomic mass is 32.2. The summed E-state index contributed by atoms with van der Waals surface area (Å²) in [6.07, 6.45) is 3.34. The maximum absolute atomic E-state index is 13.7. The largest absolute Gasteiger partial charge is 0.347 e. The minimum Gasteiger partial charge on any atom is -0.347 e. The Morgan fingerprint density at radius 3 is 2.29 bits per heavy atom. The van der Waals surface area contributed by atoms with E-state index in [2.05, 4.69) is 22.2 Å². The van der Waals surface area contributed by atoms with E-state index in [4.69, 9.17) is 0 Å². The van der Waals surface area contributed by atoms with E-state index >= 15 is 0 Å². The van der Waals surface area contributed by atoms with Crippen LogP contribution in [0.5, 0.6) is 0 Å². The molecule has 0 bridgehead atoms. The maximum atomic E-state index is 13.7. The zero-order valence-electron chi connectivity index (χ0n) is 23.7. The Bertz CT molecular complexity index is 1540. The summed E-state index contributed by atoms with van der Waals surface area (Å²) in [7, 11) is -1.79. The van der Waals surface area contributed by atoms with E-state index in [1.165, 1.54) is 16.1 Å². The molecule has 218 valence electrons. The third kappa shape index (κ3) is 7.46. The Labute approximate surface area is 253 Å². The number of rotatable bonds is 12. The van der Waals surface area contributed by atoms with Gasteiger partial charge in [-0.3, -0.25) is 9.78 Å². The van der Waals surface area contributed by atoms with E-state index in [1.54, 1.807) is 18.3 Å². The number of hydrogen-bond acceptors (Lipinski definition) is 6. The fraction of sp³-hybridized carbons (Fsp3) is 0.273. The van der Waals surface area contributed by atoms with Crippen molar-refractivity contribution in [3.63, 3.8) is 0 Å². The van der Waals surface area contributed by atoms with Gasteiger partial charge in [0, 0.05) is 43.7 Å². The van der Waals surface area contributed by atoms with Crippen LogP contribution >= 0.6 is 11.8 Å². The van der Waals surface area contributed by atoms with Crippen LogP contribution < -0.4 is 5.32 Å². The molecule has 1 amide bonds. The van der Waals surface area contributed by atoms with Gasteiger partial charge in [0.15, 0.2) is 0 Å². The molecule has 7 nitrogen and oxygen atoms in total. The Hall–Kier alpha value is -3.50. The van der Waals surface area contributed by atoms with E-state index < -0.39 is 15.4 Å². The second-order valence-corrected chi connectivity index (χ2v) is 13.4. The standard InChI is InChI=1S/C33H36N4O3S2/c1-36(22-19-29-14-8-9-21-34-29)23-20-31(28-12-6-3-7-13-28)35-32(38)33-37(24-25-41-33)42(39,40)30-17-15-27(16-18-30)26-10-4-2-5-11-26/h2-18,21,31,33H,19-20,22-25H2,1H3,(H,35,38)/t31-,33-/m0/s1. The zero-order valence-corrected chi connectivity index (χ0v) is 25.3. The van der Waals surface area contributed by atoms with Crippen LogP contribution in [0.1, 0.15) is 23.7 Å². The molecule has 1 fully saturated rings. The first kappa shape index (κ1) is 30.0. The average molecular weight is 601 g/mol. The summed E-state index contributed by atoms with van der Waals surface area (Å²) < 4.78 is 28.7. The van der Waals surface area contributed by atoms with Crippen LogP contribution in [0.15, 0.2) is 114 Å². The normalized spacial score (nSPS) is 16.4. The van der Waals surface area contributed by atoms with Crippen LogP contribution in [0.25, 0.3) is 11.1 Å². The van der Waals surface area contributed by atoms with E-state index in [0.29, 0.717) is 12.2 Å². The summed E-state index contributed by atoms with van der Waals surface area (Å²) in [6.45, 7) is 1.90. The summed E-state index contributed by atoms with van der Waals surface area (Å²) in [6, 6.07) is 32.3. The molecule has 0 saturated carbocycles. The van der Waals surface area contributed by atoms with Crippen molar-refractivity contribution in [2.45, 2.75) is 29.2 Å². The van der Waals surface area contributed by atoms with E-state index in [1.807, 2.05) is 91.0 Å². The summed E-state index contributed by atoms with van der Waals surface area (Å²) in [4.78, 5) is 20.5. The van der Waals surface area contributed by atoms with Crippen molar-refractivity contribution >= 4 is 27.7 Å². The predicted molar refractivity (Wildman–Crippen MR) is 169 cm³/mol. The van der Waals surface area contributed by atoms with Crippen molar-refractivity contribution in [2.24, 2.45) is 0 Å². The number of nitrogens with zero attached hydrogens (tertiary/aromatic N) is 3. The molecule has 9 heteroatoms. The number of thioether (sulfide) groups is 1. The first-order chi connectivity index (χ1) is 20.4. The van der Waals surface area contributed by atoms with E-state index in [9.17, 15) is 13.2 Å². The summed E-state index contributed by atoms with van der Waals surface area (Å²) in [5.74, 6) is 0.276. The van der Waals surface area contributed by atoms with Gasteiger partial charge >= 0.3 is 0 Å². The first-order valence-corrected chi connectivity index (χ1v) is 16.6. The second-order valence-electron chi connectivity index (χ2n) is 10.4. The predicted octanol–water partition coefficient (Wildman–Crippen LogP) is 5.23. The molecule has 2 heterocycles. The number of nitrogens with one attached hydrogen (secondary N) is 1. The molecule has 1 saturated heterocycles. The highest BCUT2D eigenvalue weighted by Gasteiger charge is 2.40. The van der Waals surface area contributed by atoms with Gasteiger partial charge in [-0.05, 0) is 54.4 Å². The lowest BCUT2D eigenvalue weighted by Gasteiger charge is -2.27.